The van der Waals surface area contributed by atoms with Gasteiger partial charge in [0.1, 0.15) is 18.1 Å². The molecule has 0 atom stereocenters. The number of ether oxygens (including phenoxy) is 2. The van der Waals surface area contributed by atoms with Crippen LogP contribution in [0.1, 0.15) is 132 Å². The van der Waals surface area contributed by atoms with Crippen molar-refractivity contribution in [1.82, 2.24) is 9.97 Å². The van der Waals surface area contributed by atoms with Gasteiger partial charge in [0.05, 0.1) is 18.0 Å². The Labute approximate surface area is 444 Å². The lowest BCUT2D eigenvalue weighted by atomic mass is 9.89. The predicted molar refractivity (Wildman–Crippen MR) is 316 cm³/mol. The van der Waals surface area contributed by atoms with Crippen molar-refractivity contribution in [1.29, 1.82) is 0 Å². The highest BCUT2D eigenvalue weighted by Gasteiger charge is 2.17. The van der Waals surface area contributed by atoms with Crippen molar-refractivity contribution in [2.24, 2.45) is 10.9 Å². The first-order valence-corrected chi connectivity index (χ1v) is 26.7. The molecule has 0 unspecified atom stereocenters. The summed E-state index contributed by atoms with van der Waals surface area (Å²) in [5.41, 5.74) is 28.2. The molecule has 0 N–H and O–H groups in total. The van der Waals surface area contributed by atoms with Crippen molar-refractivity contribution in [3.05, 3.63) is 221 Å². The van der Waals surface area contributed by atoms with E-state index < -0.39 is 0 Å². The van der Waals surface area contributed by atoms with Gasteiger partial charge in [0.15, 0.2) is 0 Å². The maximum atomic E-state index is 6.02. The summed E-state index contributed by atoms with van der Waals surface area (Å²) < 4.78 is 11.9. The maximum absolute atomic E-state index is 6.02. The van der Waals surface area contributed by atoms with E-state index in [9.17, 15) is 0 Å². The molecule has 3 heterocycles. The number of rotatable bonds is 12. The number of pyridine rings is 2. The molecule has 0 saturated heterocycles. The van der Waals surface area contributed by atoms with Crippen molar-refractivity contribution in [3.63, 3.8) is 0 Å². The second-order valence-electron chi connectivity index (χ2n) is 22.0. The van der Waals surface area contributed by atoms with E-state index in [1.165, 1.54) is 116 Å². The number of fused-ring (bicyclic) bond motifs is 3. The summed E-state index contributed by atoms with van der Waals surface area (Å²) in [5.74, 6) is 2.52. The van der Waals surface area contributed by atoms with Crippen LogP contribution in [-0.2, 0) is 25.7 Å². The molecule has 5 heteroatoms. The van der Waals surface area contributed by atoms with Gasteiger partial charge >= 0.3 is 0 Å². The Morgan fingerprint density at radius 2 is 0.919 bits per heavy atom. The Bertz CT molecular complexity index is 3340. The third kappa shape index (κ3) is 13.5. The van der Waals surface area contributed by atoms with Gasteiger partial charge in [-0.3, -0.25) is 15.0 Å². The summed E-state index contributed by atoms with van der Waals surface area (Å²) in [4.78, 5) is 14.2. The van der Waals surface area contributed by atoms with Gasteiger partial charge in [0.2, 0.25) is 0 Å². The summed E-state index contributed by atoms with van der Waals surface area (Å²) in [7, 11) is 0. The minimum atomic E-state index is 0.528. The molecule has 0 spiro atoms. The molecule has 0 radical (unpaired) electrons. The van der Waals surface area contributed by atoms with Gasteiger partial charge < -0.3 is 9.47 Å². The number of aromatic nitrogens is 2. The molecule has 1 aliphatic heterocycles. The number of aryl methyl sites for hydroxylation is 12. The van der Waals surface area contributed by atoms with Crippen LogP contribution in [0.15, 0.2) is 114 Å². The molecule has 0 aliphatic carbocycles. The third-order valence-corrected chi connectivity index (χ3v) is 14.8. The Morgan fingerprint density at radius 3 is 1.39 bits per heavy atom. The highest BCUT2D eigenvalue weighted by atomic mass is 16.5. The van der Waals surface area contributed by atoms with Crippen LogP contribution in [-0.4, -0.2) is 35.4 Å². The van der Waals surface area contributed by atoms with E-state index in [2.05, 4.69) is 205 Å². The number of hydrogen-bond donors (Lipinski definition) is 0. The quantitative estimate of drug-likeness (QED) is 0.114. The van der Waals surface area contributed by atoms with Gasteiger partial charge in [0.25, 0.3) is 0 Å². The van der Waals surface area contributed by atoms with Gasteiger partial charge in [-0.1, -0.05) is 75.0 Å². The van der Waals surface area contributed by atoms with Crippen molar-refractivity contribution in [2.75, 3.05) is 19.8 Å². The van der Waals surface area contributed by atoms with Crippen LogP contribution in [0.25, 0.3) is 21.5 Å². The molecule has 0 saturated carbocycles. The molecule has 9 rings (SSSR count). The Hall–Kier alpha value is -6.85. The zero-order valence-corrected chi connectivity index (χ0v) is 47.6. The minimum Gasteiger partial charge on any atom is -0.493 e. The molecular formula is C69H81N3O2. The molecule has 384 valence electrons. The average Bonchev–Trinajstić information content (AvgIpc) is 3.32. The molecule has 5 nitrogen and oxygen atoms in total. The first kappa shape index (κ1) is 54.9. The molecule has 2 aromatic heterocycles. The van der Waals surface area contributed by atoms with Crippen molar-refractivity contribution in [3.8, 4) is 11.5 Å². The normalized spacial score (nSPS) is 11.9. The fraction of sp³-hybridized carbons (Fsp3) is 0.348. The third-order valence-electron chi connectivity index (χ3n) is 14.8. The summed E-state index contributed by atoms with van der Waals surface area (Å²) in [6.07, 6.45) is 7.51. The largest absolute Gasteiger partial charge is 0.493 e. The van der Waals surface area contributed by atoms with Crippen LogP contribution in [0.4, 0.5) is 0 Å². The van der Waals surface area contributed by atoms with Gasteiger partial charge in [-0.05, 0) is 256 Å². The molecule has 1 aliphatic rings. The molecule has 0 amide bonds. The van der Waals surface area contributed by atoms with Crippen molar-refractivity contribution < 1.29 is 9.47 Å². The number of aliphatic imine (C=N–C) groups is 1. The lowest BCUT2D eigenvalue weighted by molar-refractivity contribution is 0.267. The molecule has 74 heavy (non-hydrogen) atoms. The van der Waals surface area contributed by atoms with Crippen LogP contribution >= 0.6 is 0 Å². The zero-order valence-electron chi connectivity index (χ0n) is 47.6. The van der Waals surface area contributed by atoms with Gasteiger partial charge in [-0.15, -0.1) is 0 Å². The zero-order chi connectivity index (χ0) is 53.5. The predicted octanol–water partition coefficient (Wildman–Crippen LogP) is 16.9. The Morgan fingerprint density at radius 1 is 0.500 bits per heavy atom. The van der Waals surface area contributed by atoms with E-state index in [1.807, 2.05) is 19.3 Å². The van der Waals surface area contributed by atoms with E-state index in [0.717, 1.165) is 78.4 Å². The highest BCUT2D eigenvalue weighted by Crippen LogP contribution is 2.31. The second kappa shape index (κ2) is 24.0. The topological polar surface area (TPSA) is 56.6 Å². The van der Waals surface area contributed by atoms with E-state index in [4.69, 9.17) is 14.5 Å². The van der Waals surface area contributed by atoms with E-state index in [-0.39, 0.29) is 0 Å². The van der Waals surface area contributed by atoms with Gasteiger partial charge in [0, 0.05) is 54.7 Å². The van der Waals surface area contributed by atoms with Crippen LogP contribution in [0.5, 0.6) is 11.5 Å². The number of nitrogens with zero attached hydrogens (tertiary/aromatic N) is 3. The van der Waals surface area contributed by atoms with E-state index in [0.29, 0.717) is 12.5 Å². The van der Waals surface area contributed by atoms with E-state index >= 15 is 0 Å². The monoisotopic (exact) mass is 984 g/mol. The van der Waals surface area contributed by atoms with Crippen LogP contribution in [0.2, 0.25) is 0 Å². The van der Waals surface area contributed by atoms with Crippen LogP contribution in [0.3, 0.4) is 0 Å². The SMILES string of the molecule is C=C(C)COc1c(C)cc(Cc2nccc3cc(C)c(C)cc23)cc1C.Cc1cc2c(cc1C)C(Cc1cc(C)c(C)c(C)c1)=NCC2.Cc1cc2ccnc(Cc3cc(C)c(OCC(C)C)c(C)c3)c2cc1C. The molecule has 0 fully saturated rings. The highest BCUT2D eigenvalue weighted by molar-refractivity contribution is 6.04. The van der Waals surface area contributed by atoms with Gasteiger partial charge in [-0.25, -0.2) is 0 Å². The Kier molecular flexibility index (Phi) is 17.8. The maximum Gasteiger partial charge on any atom is 0.125 e. The van der Waals surface area contributed by atoms with Crippen LogP contribution in [0, 0.1) is 95.9 Å². The average molecular weight is 984 g/mol. The van der Waals surface area contributed by atoms with Gasteiger partial charge in [-0.2, -0.15) is 0 Å². The molecule has 6 aromatic carbocycles. The lowest BCUT2D eigenvalue weighted by Gasteiger charge is -2.20. The van der Waals surface area contributed by atoms with Crippen molar-refractivity contribution >= 4 is 27.3 Å². The first-order valence-electron chi connectivity index (χ1n) is 26.7. The number of benzene rings is 6. The summed E-state index contributed by atoms with van der Waals surface area (Å²) >= 11 is 0. The Balaban J connectivity index is 0.000000163. The van der Waals surface area contributed by atoms with Crippen LogP contribution < -0.4 is 9.47 Å². The smallest absolute Gasteiger partial charge is 0.125 e. The van der Waals surface area contributed by atoms with Crippen molar-refractivity contribution in [2.45, 2.75) is 136 Å². The summed E-state index contributed by atoms with van der Waals surface area (Å²) in [6, 6.07) is 31.5. The number of hydrogen-bond acceptors (Lipinski definition) is 5. The lowest BCUT2D eigenvalue weighted by Crippen LogP contribution is -2.16. The standard InChI is InChI=1S/C24H29NO.C24H27NO.C21H25N/c2*1-15(2)14-26-24-18(5)9-20(10-19(24)6)13-23-22-12-17(4)16(3)11-21(22)7-8-25-23;1-13-10-19-6-7-22-21(20(19)11-14(13)2)12-18-8-15(3)17(5)16(4)9-18/h7-12,15H,13-14H2,1-6H3;7-12H,1,13-14H2,2-6H3;8-11H,6-7,12H2,1-5H3. The van der Waals surface area contributed by atoms with E-state index in [1.54, 1.807) is 0 Å². The fourth-order valence-electron chi connectivity index (χ4n) is 10.2. The molecule has 8 aromatic rings. The molecular weight excluding hydrogens is 903 g/mol. The molecule has 0 bridgehead atoms. The summed E-state index contributed by atoms with van der Waals surface area (Å²) in [6.45, 7) is 40.6. The summed E-state index contributed by atoms with van der Waals surface area (Å²) in [5, 5.41) is 5.02. The first-order chi connectivity index (χ1) is 35.1. The fourth-order valence-corrected chi connectivity index (χ4v) is 10.2. The minimum absolute atomic E-state index is 0.528. The second-order valence-corrected chi connectivity index (χ2v) is 22.0.